The highest BCUT2D eigenvalue weighted by atomic mass is 79.9. The van der Waals surface area contributed by atoms with Gasteiger partial charge in [-0.2, -0.15) is 0 Å². The van der Waals surface area contributed by atoms with Crippen molar-refractivity contribution in [1.29, 1.82) is 0 Å². The maximum absolute atomic E-state index is 6.13. The molecule has 1 unspecified atom stereocenters. The Kier molecular flexibility index (Phi) is 5.38. The molecule has 0 fully saturated rings. The minimum absolute atomic E-state index is 0.119. The maximum atomic E-state index is 6.13. The molecule has 0 bridgehead atoms. The van der Waals surface area contributed by atoms with Crippen molar-refractivity contribution < 1.29 is 0 Å². The zero-order valence-electron chi connectivity index (χ0n) is 10.1. The third-order valence-electron chi connectivity index (χ3n) is 2.78. The lowest BCUT2D eigenvalue weighted by Gasteiger charge is -2.12. The van der Waals surface area contributed by atoms with Crippen LogP contribution < -0.4 is 11.1 Å². The Labute approximate surface area is 120 Å². The van der Waals surface area contributed by atoms with Gasteiger partial charge in [-0.25, -0.2) is 0 Å². The van der Waals surface area contributed by atoms with Crippen LogP contribution in [0.25, 0.3) is 0 Å². The quantitative estimate of drug-likeness (QED) is 0.795. The van der Waals surface area contributed by atoms with Crippen molar-refractivity contribution in [1.82, 2.24) is 5.32 Å². The molecule has 1 atom stereocenters. The van der Waals surface area contributed by atoms with Crippen LogP contribution in [-0.2, 0) is 6.54 Å². The van der Waals surface area contributed by atoms with Crippen molar-refractivity contribution in [3.05, 3.63) is 56.7 Å². The van der Waals surface area contributed by atoms with E-state index in [1.54, 1.807) is 11.3 Å². The fourth-order valence-electron chi connectivity index (χ4n) is 1.78. The number of benzene rings is 1. The summed E-state index contributed by atoms with van der Waals surface area (Å²) in [5, 5.41) is 5.53. The minimum Gasteiger partial charge on any atom is -0.324 e. The van der Waals surface area contributed by atoms with E-state index in [9.17, 15) is 0 Å². The molecule has 0 aliphatic carbocycles. The van der Waals surface area contributed by atoms with Crippen LogP contribution in [0.15, 0.2) is 46.3 Å². The Bertz CT molecular complexity index is 470. The predicted octanol–water partition coefficient (Wildman–Crippen LogP) is 3.69. The highest BCUT2D eigenvalue weighted by Gasteiger charge is 2.04. The van der Waals surface area contributed by atoms with Gasteiger partial charge in [-0.3, -0.25) is 0 Å². The van der Waals surface area contributed by atoms with Gasteiger partial charge in [0.05, 0.1) is 0 Å². The molecule has 0 aliphatic rings. The van der Waals surface area contributed by atoms with Crippen LogP contribution in [0.5, 0.6) is 0 Å². The Balaban J connectivity index is 1.69. The summed E-state index contributed by atoms with van der Waals surface area (Å²) in [6.45, 7) is 1.85. The van der Waals surface area contributed by atoms with Gasteiger partial charge in [-0.1, -0.05) is 30.3 Å². The zero-order valence-corrected chi connectivity index (χ0v) is 12.5. The van der Waals surface area contributed by atoms with Gasteiger partial charge in [0.1, 0.15) is 0 Å². The molecular weight excluding hydrogens is 308 g/mol. The van der Waals surface area contributed by atoms with Crippen molar-refractivity contribution in [2.75, 3.05) is 6.54 Å². The molecule has 1 heterocycles. The first-order valence-electron chi connectivity index (χ1n) is 6.00. The van der Waals surface area contributed by atoms with Crippen molar-refractivity contribution in [3.8, 4) is 0 Å². The summed E-state index contributed by atoms with van der Waals surface area (Å²) < 4.78 is 1.16. The zero-order chi connectivity index (χ0) is 12.8. The molecule has 1 aromatic heterocycles. The average Bonchev–Trinajstić information content (AvgIpc) is 2.81. The number of thiophene rings is 1. The molecular formula is C14H17BrN2S. The summed E-state index contributed by atoms with van der Waals surface area (Å²) in [5.74, 6) is 0. The highest BCUT2D eigenvalue weighted by Crippen LogP contribution is 2.19. The van der Waals surface area contributed by atoms with Crippen molar-refractivity contribution in [2.45, 2.75) is 19.0 Å². The lowest BCUT2D eigenvalue weighted by Crippen LogP contribution is -2.20. The first kappa shape index (κ1) is 13.7. The molecule has 4 heteroatoms. The van der Waals surface area contributed by atoms with E-state index in [-0.39, 0.29) is 6.04 Å². The van der Waals surface area contributed by atoms with E-state index >= 15 is 0 Å². The highest BCUT2D eigenvalue weighted by molar-refractivity contribution is 9.10. The van der Waals surface area contributed by atoms with Gasteiger partial charge in [0.2, 0.25) is 0 Å². The second-order valence-electron chi connectivity index (χ2n) is 4.21. The largest absolute Gasteiger partial charge is 0.324 e. The monoisotopic (exact) mass is 324 g/mol. The molecule has 2 nitrogen and oxygen atoms in total. The van der Waals surface area contributed by atoms with Crippen LogP contribution in [0, 0.1) is 0 Å². The van der Waals surface area contributed by atoms with Crippen molar-refractivity contribution in [3.63, 3.8) is 0 Å². The van der Waals surface area contributed by atoms with Crippen LogP contribution in [0.3, 0.4) is 0 Å². The first-order chi connectivity index (χ1) is 8.75. The van der Waals surface area contributed by atoms with Gasteiger partial charge in [-0.15, -0.1) is 11.3 Å². The fraction of sp³-hybridized carbons (Fsp3) is 0.286. The molecule has 2 aromatic rings. The van der Waals surface area contributed by atoms with Crippen LogP contribution in [-0.4, -0.2) is 6.54 Å². The summed E-state index contributed by atoms with van der Waals surface area (Å²) in [6.07, 6.45) is 0.955. The summed E-state index contributed by atoms with van der Waals surface area (Å²) in [4.78, 5) is 1.34. The van der Waals surface area contributed by atoms with E-state index in [4.69, 9.17) is 5.73 Å². The first-order valence-corrected chi connectivity index (χ1v) is 7.67. The normalized spacial score (nSPS) is 12.6. The molecule has 0 saturated heterocycles. The van der Waals surface area contributed by atoms with E-state index < -0.39 is 0 Å². The van der Waals surface area contributed by atoms with Gasteiger partial charge >= 0.3 is 0 Å². The fourth-order valence-corrected chi connectivity index (χ4v) is 3.20. The molecule has 1 aromatic carbocycles. The Morgan fingerprint density at radius 3 is 2.72 bits per heavy atom. The second-order valence-corrected chi connectivity index (χ2v) is 6.13. The number of rotatable bonds is 6. The van der Waals surface area contributed by atoms with Crippen LogP contribution in [0.2, 0.25) is 0 Å². The molecule has 96 valence electrons. The van der Waals surface area contributed by atoms with E-state index in [1.165, 1.54) is 10.4 Å². The predicted molar refractivity (Wildman–Crippen MR) is 81.7 cm³/mol. The van der Waals surface area contributed by atoms with E-state index in [0.717, 1.165) is 24.0 Å². The number of hydrogen-bond donors (Lipinski definition) is 2. The lowest BCUT2D eigenvalue weighted by atomic mass is 10.1. The standard InChI is InChI=1S/C14H17BrN2S/c15-12-8-13(18-10-12)9-17-7-6-14(16)11-4-2-1-3-5-11/h1-5,8,10,14,17H,6-7,9,16H2. The summed E-state index contributed by atoms with van der Waals surface area (Å²) in [6, 6.07) is 12.5. The Morgan fingerprint density at radius 2 is 2.06 bits per heavy atom. The van der Waals surface area contributed by atoms with E-state index in [1.807, 2.05) is 18.2 Å². The molecule has 0 radical (unpaired) electrons. The summed E-state index contributed by atoms with van der Waals surface area (Å²) in [5.41, 5.74) is 7.34. The van der Waals surface area contributed by atoms with Crippen molar-refractivity contribution in [2.24, 2.45) is 5.73 Å². The third kappa shape index (κ3) is 4.21. The molecule has 3 N–H and O–H groups in total. The average molecular weight is 325 g/mol. The van der Waals surface area contributed by atoms with Crippen LogP contribution in [0.1, 0.15) is 22.9 Å². The van der Waals surface area contributed by atoms with Gasteiger partial charge < -0.3 is 11.1 Å². The molecule has 18 heavy (non-hydrogen) atoms. The molecule has 0 spiro atoms. The second kappa shape index (κ2) is 7.04. The third-order valence-corrected chi connectivity index (χ3v) is 4.48. The minimum atomic E-state index is 0.119. The molecule has 0 amide bonds. The summed E-state index contributed by atoms with van der Waals surface area (Å²) >= 11 is 5.22. The van der Waals surface area contributed by atoms with Gasteiger partial charge in [-0.05, 0) is 40.5 Å². The molecule has 0 aliphatic heterocycles. The number of nitrogens with one attached hydrogen (secondary N) is 1. The SMILES string of the molecule is NC(CCNCc1cc(Br)cs1)c1ccccc1. The van der Waals surface area contributed by atoms with Crippen LogP contribution in [0.4, 0.5) is 0 Å². The van der Waals surface area contributed by atoms with Gasteiger partial charge in [0.15, 0.2) is 0 Å². The smallest absolute Gasteiger partial charge is 0.0306 e. The van der Waals surface area contributed by atoms with Crippen LogP contribution >= 0.6 is 27.3 Å². The maximum Gasteiger partial charge on any atom is 0.0306 e. The molecule has 2 rings (SSSR count). The number of hydrogen-bond acceptors (Lipinski definition) is 3. The van der Waals surface area contributed by atoms with E-state index in [2.05, 4.69) is 44.8 Å². The summed E-state index contributed by atoms with van der Waals surface area (Å²) in [7, 11) is 0. The lowest BCUT2D eigenvalue weighted by molar-refractivity contribution is 0.582. The van der Waals surface area contributed by atoms with Crippen molar-refractivity contribution >= 4 is 27.3 Å². The topological polar surface area (TPSA) is 38.0 Å². The van der Waals surface area contributed by atoms with Gasteiger partial charge in [0, 0.05) is 27.3 Å². The van der Waals surface area contributed by atoms with Gasteiger partial charge in [0.25, 0.3) is 0 Å². The Hall–Kier alpha value is -0.680. The number of halogens is 1. The van der Waals surface area contributed by atoms with E-state index in [0.29, 0.717) is 0 Å². The molecule has 0 saturated carbocycles. The Morgan fingerprint density at radius 1 is 1.28 bits per heavy atom. The number of nitrogens with two attached hydrogens (primary N) is 1.